The molecule has 3 saturated carbocycles. The van der Waals surface area contributed by atoms with Crippen molar-refractivity contribution in [2.24, 2.45) is 33.5 Å². The van der Waals surface area contributed by atoms with Crippen LogP contribution in [0.5, 0.6) is 0 Å². The lowest BCUT2D eigenvalue weighted by Crippen LogP contribution is -2.65. The Balaban J connectivity index is 1.42. The minimum Gasteiger partial charge on any atom is -0.478 e. The summed E-state index contributed by atoms with van der Waals surface area (Å²) < 4.78 is 7.14. The number of ketones is 1. The number of carboxylic acids is 1. The lowest BCUT2D eigenvalue weighted by molar-refractivity contribution is -0.152. The van der Waals surface area contributed by atoms with E-state index in [-0.39, 0.29) is 32.9 Å². The van der Waals surface area contributed by atoms with Crippen LogP contribution in [0.3, 0.4) is 0 Å². The van der Waals surface area contributed by atoms with Gasteiger partial charge in [0.1, 0.15) is 17.0 Å². The molecule has 188 valence electrons. The summed E-state index contributed by atoms with van der Waals surface area (Å²) in [5.41, 5.74) is 1.86. The Morgan fingerprint density at radius 3 is 2.53 bits per heavy atom. The van der Waals surface area contributed by atoms with Gasteiger partial charge in [-0.3, -0.25) is 4.79 Å². The van der Waals surface area contributed by atoms with Gasteiger partial charge >= 0.3 is 5.97 Å². The van der Waals surface area contributed by atoms with Crippen molar-refractivity contribution in [1.82, 2.24) is 0 Å². The van der Waals surface area contributed by atoms with E-state index in [4.69, 9.17) is 9.84 Å². The second kappa shape index (κ2) is 7.08. The number of hydrogen-bond acceptors (Lipinski definition) is 3. The van der Waals surface area contributed by atoms with Crippen molar-refractivity contribution >= 4 is 11.8 Å². The first-order valence-electron chi connectivity index (χ1n) is 13.6. The number of hydrogen-bond donors (Lipinski definition) is 1. The molecule has 1 N–H and O–H groups in total. The lowest BCUT2D eigenvalue weighted by atomic mass is 9.38. The van der Waals surface area contributed by atoms with Crippen molar-refractivity contribution in [1.29, 1.82) is 0 Å². The maximum absolute atomic E-state index is 12.9. The number of fused-ring (bicyclic) bond motifs is 2. The van der Waals surface area contributed by atoms with Crippen LogP contribution in [0, 0.1) is 33.5 Å². The molecule has 1 heterocycles. The molecule has 7 atom stereocenters. The molecular weight excluding hydrogens is 424 g/mol. The third-order valence-corrected chi connectivity index (χ3v) is 12.3. The highest BCUT2D eigenvalue weighted by Crippen LogP contribution is 2.85. The van der Waals surface area contributed by atoms with Crippen molar-refractivity contribution < 1.29 is 19.4 Å². The van der Waals surface area contributed by atoms with Crippen molar-refractivity contribution in [3.63, 3.8) is 0 Å². The Bertz CT molecular complexity index is 1010. The first kappa shape index (κ1) is 24.3. The summed E-state index contributed by atoms with van der Waals surface area (Å²) in [5.74, 6) is 0.460. The van der Waals surface area contributed by atoms with E-state index in [0.717, 1.165) is 51.4 Å². The van der Waals surface area contributed by atoms with Gasteiger partial charge in [0, 0.05) is 28.2 Å². The van der Waals surface area contributed by atoms with Crippen LogP contribution in [0.15, 0.2) is 23.3 Å². The van der Waals surface area contributed by atoms with Gasteiger partial charge in [0.05, 0.1) is 0 Å². The van der Waals surface area contributed by atoms with Crippen molar-refractivity contribution in [2.45, 2.75) is 117 Å². The van der Waals surface area contributed by atoms with Crippen LogP contribution in [0.25, 0.3) is 0 Å². The number of aliphatic carboxylic acids is 1. The van der Waals surface area contributed by atoms with Gasteiger partial charge in [-0.05, 0) is 75.5 Å². The number of ether oxygens (including phenoxy) is 1. The van der Waals surface area contributed by atoms with Crippen LogP contribution in [0.1, 0.15) is 106 Å². The Morgan fingerprint density at radius 1 is 1.15 bits per heavy atom. The summed E-state index contributed by atoms with van der Waals surface area (Å²) in [6.07, 6.45) is 13.3. The molecule has 4 aliphatic carbocycles. The van der Waals surface area contributed by atoms with Crippen LogP contribution in [-0.2, 0) is 14.3 Å². The maximum atomic E-state index is 12.9. The summed E-state index contributed by atoms with van der Waals surface area (Å²) in [4.78, 5) is 24.0. The number of Topliss-reactive ketones (excluding diaryl/α,β-unsaturated/α-hetero) is 1. The molecular formula is C30H44O4. The molecule has 0 amide bonds. The van der Waals surface area contributed by atoms with Gasteiger partial charge in [-0.25, -0.2) is 4.79 Å². The van der Waals surface area contributed by atoms with Crippen molar-refractivity contribution in [3.05, 3.63) is 23.3 Å². The Kier molecular flexibility index (Phi) is 5.06. The standard InChI is InChI=1S/C30H44O4/c1-19(9-8-10-20(2)24(32)33)21-11-15-28(7)26(21,5)17-18-29-27(6)14-13-23(31)25(3,4)22(27)12-16-30(28,29)34-29/h10-11,19,22H,8-9,12-18H2,1-7H3,(H,32,33)/t19-,22?,26-,27+,28-,29?,30?/m1/s1. The van der Waals surface area contributed by atoms with Gasteiger partial charge in [-0.2, -0.15) is 0 Å². The molecule has 0 radical (unpaired) electrons. The molecule has 0 bridgehead atoms. The number of allylic oxidation sites excluding steroid dienone is 3. The van der Waals surface area contributed by atoms with Gasteiger partial charge in [0.2, 0.25) is 0 Å². The second-order valence-electron chi connectivity index (χ2n) is 13.6. The monoisotopic (exact) mass is 468 g/mol. The highest BCUT2D eigenvalue weighted by molar-refractivity contribution is 5.86. The fourth-order valence-electron chi connectivity index (χ4n) is 9.92. The maximum Gasteiger partial charge on any atom is 0.330 e. The summed E-state index contributed by atoms with van der Waals surface area (Å²) in [5, 5.41) is 9.17. The lowest BCUT2D eigenvalue weighted by Gasteiger charge is -2.62. The first-order chi connectivity index (χ1) is 15.7. The molecule has 4 nitrogen and oxygen atoms in total. The fraction of sp³-hybridized carbons (Fsp3) is 0.800. The quantitative estimate of drug-likeness (QED) is 0.271. The van der Waals surface area contributed by atoms with Crippen LogP contribution < -0.4 is 0 Å². The van der Waals surface area contributed by atoms with E-state index < -0.39 is 5.97 Å². The smallest absolute Gasteiger partial charge is 0.330 e. The molecule has 5 aliphatic rings. The first-order valence-corrected chi connectivity index (χ1v) is 13.6. The van der Waals surface area contributed by atoms with E-state index in [2.05, 4.69) is 47.6 Å². The molecule has 1 aliphatic heterocycles. The molecule has 0 aromatic rings. The number of carbonyl (C=O) groups is 2. The molecule has 4 heteroatoms. The zero-order valence-electron chi connectivity index (χ0n) is 22.3. The normalized spacial score (nSPS) is 47.6. The summed E-state index contributed by atoms with van der Waals surface area (Å²) in [6.45, 7) is 15.8. The van der Waals surface area contributed by atoms with Crippen molar-refractivity contribution in [2.75, 3.05) is 0 Å². The van der Waals surface area contributed by atoms with Gasteiger partial charge in [0.15, 0.2) is 0 Å². The third-order valence-electron chi connectivity index (χ3n) is 12.3. The molecule has 0 spiro atoms. The summed E-state index contributed by atoms with van der Waals surface area (Å²) in [6, 6.07) is 0. The largest absolute Gasteiger partial charge is 0.478 e. The molecule has 5 rings (SSSR count). The summed E-state index contributed by atoms with van der Waals surface area (Å²) >= 11 is 0. The Labute approximate surface area is 205 Å². The van der Waals surface area contributed by atoms with Gasteiger partial charge in [-0.1, -0.05) is 59.3 Å². The van der Waals surface area contributed by atoms with Crippen LogP contribution in [-0.4, -0.2) is 28.1 Å². The Hall–Kier alpha value is -1.42. The molecule has 1 saturated heterocycles. The molecule has 3 unspecified atom stereocenters. The average Bonchev–Trinajstić information content (AvgIpc) is 3.40. The van der Waals surface area contributed by atoms with Gasteiger partial charge < -0.3 is 9.84 Å². The second-order valence-corrected chi connectivity index (χ2v) is 13.6. The zero-order valence-corrected chi connectivity index (χ0v) is 22.3. The SMILES string of the molecule is CC(=CCC[C@@H](C)C1=CC[C@@]2(C)C34CCC5C(C)(C)C(=O)CC[C@]5(C)C3(CC[C@]12C)O4)C(=O)O. The minimum atomic E-state index is -0.822. The molecule has 0 aromatic heterocycles. The number of carbonyl (C=O) groups excluding carboxylic acids is 1. The van der Waals surface area contributed by atoms with E-state index in [0.29, 0.717) is 29.6 Å². The molecule has 0 aromatic carbocycles. The highest BCUT2D eigenvalue weighted by atomic mass is 16.6. The summed E-state index contributed by atoms with van der Waals surface area (Å²) in [7, 11) is 0. The van der Waals surface area contributed by atoms with E-state index in [1.165, 1.54) is 0 Å². The minimum absolute atomic E-state index is 0.0700. The van der Waals surface area contributed by atoms with Crippen LogP contribution in [0.2, 0.25) is 0 Å². The van der Waals surface area contributed by atoms with Crippen molar-refractivity contribution in [3.8, 4) is 0 Å². The topological polar surface area (TPSA) is 66.9 Å². The number of epoxide rings is 1. The predicted molar refractivity (Wildman–Crippen MR) is 133 cm³/mol. The van der Waals surface area contributed by atoms with Gasteiger partial charge in [-0.15, -0.1) is 0 Å². The van der Waals surface area contributed by atoms with Crippen LogP contribution in [0.4, 0.5) is 0 Å². The number of carboxylic acid groups (broad SMARTS) is 1. The molecule has 4 fully saturated rings. The van der Waals surface area contributed by atoms with E-state index in [1.807, 2.05) is 6.08 Å². The van der Waals surface area contributed by atoms with Gasteiger partial charge in [0.25, 0.3) is 0 Å². The fourth-order valence-corrected chi connectivity index (χ4v) is 9.92. The third kappa shape index (κ3) is 2.59. The highest BCUT2D eigenvalue weighted by Gasteiger charge is 2.89. The predicted octanol–water partition coefficient (Wildman–Crippen LogP) is 6.88. The Morgan fingerprint density at radius 2 is 1.85 bits per heavy atom. The average molecular weight is 469 g/mol. The zero-order chi connectivity index (χ0) is 24.9. The van der Waals surface area contributed by atoms with E-state index in [9.17, 15) is 9.59 Å². The number of rotatable bonds is 5. The van der Waals surface area contributed by atoms with E-state index in [1.54, 1.807) is 12.5 Å². The van der Waals surface area contributed by atoms with Crippen LogP contribution >= 0.6 is 0 Å². The van der Waals surface area contributed by atoms with E-state index >= 15 is 0 Å². The molecule has 34 heavy (non-hydrogen) atoms.